The SMILES string of the molecule is COc1cc(OC)cc([C@@H](NC(=O)c2c[nH]c3ccccc23)c2nccn2C)c1. The van der Waals surface area contributed by atoms with Crippen LogP contribution in [0.4, 0.5) is 0 Å². The number of aromatic amines is 1. The third-order valence-electron chi connectivity index (χ3n) is 4.93. The number of imidazole rings is 1. The fourth-order valence-electron chi connectivity index (χ4n) is 3.42. The summed E-state index contributed by atoms with van der Waals surface area (Å²) in [5.74, 6) is 1.78. The number of amides is 1. The molecule has 0 bridgehead atoms. The molecule has 29 heavy (non-hydrogen) atoms. The first-order valence-corrected chi connectivity index (χ1v) is 9.18. The van der Waals surface area contributed by atoms with Crippen molar-refractivity contribution >= 4 is 16.8 Å². The molecule has 2 N–H and O–H groups in total. The molecule has 7 heteroatoms. The van der Waals surface area contributed by atoms with Gasteiger partial charge >= 0.3 is 0 Å². The predicted molar refractivity (Wildman–Crippen MR) is 110 cm³/mol. The standard InChI is InChI=1S/C22H22N4O3/c1-26-9-8-23-21(26)20(14-10-15(28-2)12-16(11-14)29-3)25-22(27)18-13-24-19-7-5-4-6-17(18)19/h4-13,20,24H,1-3H3,(H,25,27)/t20-/m1/s1. The first-order chi connectivity index (χ1) is 14.1. The number of methoxy groups -OCH3 is 2. The molecule has 7 nitrogen and oxygen atoms in total. The number of carbonyl (C=O) groups is 1. The van der Waals surface area contributed by atoms with Crippen LogP contribution in [0.3, 0.4) is 0 Å². The summed E-state index contributed by atoms with van der Waals surface area (Å²) in [7, 11) is 5.09. The Morgan fingerprint density at radius 3 is 2.52 bits per heavy atom. The number of hydrogen-bond acceptors (Lipinski definition) is 4. The van der Waals surface area contributed by atoms with Crippen LogP contribution in [0.1, 0.15) is 27.8 Å². The Bertz CT molecular complexity index is 1140. The number of aromatic nitrogens is 3. The second-order valence-electron chi connectivity index (χ2n) is 6.70. The summed E-state index contributed by atoms with van der Waals surface area (Å²) in [6.07, 6.45) is 5.27. The van der Waals surface area contributed by atoms with E-state index in [9.17, 15) is 4.79 Å². The lowest BCUT2D eigenvalue weighted by molar-refractivity contribution is 0.0942. The van der Waals surface area contributed by atoms with Gasteiger partial charge in [-0.1, -0.05) is 18.2 Å². The van der Waals surface area contributed by atoms with Gasteiger partial charge in [0, 0.05) is 42.6 Å². The second-order valence-corrected chi connectivity index (χ2v) is 6.70. The summed E-state index contributed by atoms with van der Waals surface area (Å²) < 4.78 is 12.7. The minimum Gasteiger partial charge on any atom is -0.497 e. The van der Waals surface area contributed by atoms with Gasteiger partial charge in [0.2, 0.25) is 0 Å². The third kappa shape index (κ3) is 3.54. The molecule has 0 spiro atoms. The van der Waals surface area contributed by atoms with Crippen molar-refractivity contribution in [2.75, 3.05) is 14.2 Å². The first kappa shape index (κ1) is 18.6. The van der Waals surface area contributed by atoms with Crippen molar-refractivity contribution in [3.8, 4) is 11.5 Å². The molecular weight excluding hydrogens is 368 g/mol. The Hall–Kier alpha value is -3.74. The van der Waals surface area contributed by atoms with Gasteiger partial charge in [0.15, 0.2) is 0 Å². The molecule has 2 aromatic carbocycles. The van der Waals surface area contributed by atoms with E-state index in [1.165, 1.54) is 0 Å². The Labute approximate surface area is 168 Å². The number of carbonyl (C=O) groups excluding carboxylic acids is 1. The molecule has 0 aliphatic rings. The van der Waals surface area contributed by atoms with Crippen molar-refractivity contribution in [2.45, 2.75) is 6.04 Å². The lowest BCUT2D eigenvalue weighted by Crippen LogP contribution is -2.31. The molecule has 1 amide bonds. The molecule has 4 rings (SSSR count). The van der Waals surface area contributed by atoms with Crippen LogP contribution in [0.25, 0.3) is 10.9 Å². The number of nitrogens with zero attached hydrogens (tertiary/aromatic N) is 2. The van der Waals surface area contributed by atoms with E-state index in [0.717, 1.165) is 16.5 Å². The highest BCUT2D eigenvalue weighted by atomic mass is 16.5. The zero-order valence-corrected chi connectivity index (χ0v) is 16.5. The van der Waals surface area contributed by atoms with Gasteiger partial charge in [-0.3, -0.25) is 4.79 Å². The lowest BCUT2D eigenvalue weighted by Gasteiger charge is -2.20. The van der Waals surface area contributed by atoms with E-state index in [0.29, 0.717) is 22.9 Å². The quantitative estimate of drug-likeness (QED) is 0.528. The fraction of sp³-hybridized carbons (Fsp3) is 0.182. The van der Waals surface area contributed by atoms with Crippen LogP contribution in [-0.2, 0) is 7.05 Å². The van der Waals surface area contributed by atoms with E-state index in [4.69, 9.17) is 9.47 Å². The van der Waals surface area contributed by atoms with Crippen molar-refractivity contribution in [1.82, 2.24) is 19.9 Å². The van der Waals surface area contributed by atoms with Crippen LogP contribution in [0.15, 0.2) is 61.1 Å². The molecule has 0 unspecified atom stereocenters. The molecule has 148 valence electrons. The number of fused-ring (bicyclic) bond motifs is 1. The lowest BCUT2D eigenvalue weighted by atomic mass is 10.0. The van der Waals surface area contributed by atoms with Gasteiger partial charge in [-0.15, -0.1) is 0 Å². The molecule has 0 aliphatic heterocycles. The minimum absolute atomic E-state index is 0.197. The first-order valence-electron chi connectivity index (χ1n) is 9.18. The number of para-hydroxylation sites is 1. The summed E-state index contributed by atoms with van der Waals surface area (Å²) in [5.41, 5.74) is 2.30. The summed E-state index contributed by atoms with van der Waals surface area (Å²) in [5, 5.41) is 3.99. The van der Waals surface area contributed by atoms with E-state index in [-0.39, 0.29) is 5.91 Å². The normalized spacial score (nSPS) is 12.0. The van der Waals surface area contributed by atoms with Gasteiger partial charge in [0.1, 0.15) is 23.4 Å². The van der Waals surface area contributed by atoms with E-state index in [2.05, 4.69) is 15.3 Å². The second kappa shape index (κ2) is 7.71. The zero-order valence-electron chi connectivity index (χ0n) is 16.5. The number of aryl methyl sites for hydroxylation is 1. The van der Waals surface area contributed by atoms with Crippen LogP contribution in [-0.4, -0.2) is 34.7 Å². The van der Waals surface area contributed by atoms with Crippen molar-refractivity contribution in [3.63, 3.8) is 0 Å². The molecule has 0 fully saturated rings. The molecule has 0 saturated heterocycles. The van der Waals surface area contributed by atoms with E-state index >= 15 is 0 Å². The number of nitrogens with one attached hydrogen (secondary N) is 2. The topological polar surface area (TPSA) is 81.2 Å². The molecule has 0 saturated carbocycles. The summed E-state index contributed by atoms with van der Waals surface area (Å²) in [6, 6.07) is 12.8. The number of hydrogen-bond donors (Lipinski definition) is 2. The van der Waals surface area contributed by atoms with Gasteiger partial charge in [-0.2, -0.15) is 0 Å². The van der Waals surface area contributed by atoms with Crippen LogP contribution in [0, 0.1) is 0 Å². The van der Waals surface area contributed by atoms with Crippen LogP contribution in [0.2, 0.25) is 0 Å². The molecular formula is C22H22N4O3. The Balaban J connectivity index is 1.76. The van der Waals surface area contributed by atoms with Crippen molar-refractivity contribution < 1.29 is 14.3 Å². The highest BCUT2D eigenvalue weighted by Gasteiger charge is 2.24. The maximum Gasteiger partial charge on any atom is 0.254 e. The monoisotopic (exact) mass is 390 g/mol. The molecule has 1 atom stereocenters. The van der Waals surface area contributed by atoms with Crippen molar-refractivity contribution in [1.29, 1.82) is 0 Å². The Morgan fingerprint density at radius 1 is 1.14 bits per heavy atom. The maximum atomic E-state index is 13.2. The van der Waals surface area contributed by atoms with Crippen LogP contribution < -0.4 is 14.8 Å². The smallest absolute Gasteiger partial charge is 0.254 e. The van der Waals surface area contributed by atoms with Crippen LogP contribution >= 0.6 is 0 Å². The summed E-state index contributed by atoms with van der Waals surface area (Å²) >= 11 is 0. The average molecular weight is 390 g/mol. The maximum absolute atomic E-state index is 13.2. The fourth-order valence-corrected chi connectivity index (χ4v) is 3.42. The van der Waals surface area contributed by atoms with Gasteiger partial charge < -0.3 is 24.3 Å². The van der Waals surface area contributed by atoms with Gasteiger partial charge in [0.25, 0.3) is 5.91 Å². The number of benzene rings is 2. The van der Waals surface area contributed by atoms with Crippen LogP contribution in [0.5, 0.6) is 11.5 Å². The van der Waals surface area contributed by atoms with Gasteiger partial charge in [-0.25, -0.2) is 4.98 Å². The van der Waals surface area contributed by atoms with E-state index in [1.54, 1.807) is 32.7 Å². The zero-order chi connectivity index (χ0) is 20.4. The summed E-state index contributed by atoms with van der Waals surface area (Å²) in [6.45, 7) is 0. The van der Waals surface area contributed by atoms with Crippen molar-refractivity contribution in [2.24, 2.45) is 7.05 Å². The highest BCUT2D eigenvalue weighted by Crippen LogP contribution is 2.30. The summed E-state index contributed by atoms with van der Waals surface area (Å²) in [4.78, 5) is 20.8. The molecule has 2 heterocycles. The Morgan fingerprint density at radius 2 is 1.86 bits per heavy atom. The number of H-pyrrole nitrogens is 1. The third-order valence-corrected chi connectivity index (χ3v) is 4.93. The van der Waals surface area contributed by atoms with E-state index in [1.807, 2.05) is 54.2 Å². The average Bonchev–Trinajstić information content (AvgIpc) is 3.37. The number of rotatable bonds is 6. The molecule has 0 radical (unpaired) electrons. The molecule has 2 aromatic heterocycles. The molecule has 4 aromatic rings. The predicted octanol–water partition coefficient (Wildman–Crippen LogP) is 3.44. The highest BCUT2D eigenvalue weighted by molar-refractivity contribution is 6.06. The van der Waals surface area contributed by atoms with Crippen molar-refractivity contribution in [3.05, 3.63) is 78.0 Å². The molecule has 0 aliphatic carbocycles. The van der Waals surface area contributed by atoms with Gasteiger partial charge in [0.05, 0.1) is 19.8 Å². The minimum atomic E-state index is -0.486. The largest absolute Gasteiger partial charge is 0.497 e. The van der Waals surface area contributed by atoms with E-state index < -0.39 is 6.04 Å². The Kier molecular flexibility index (Phi) is 4.95. The number of ether oxygens (including phenoxy) is 2. The van der Waals surface area contributed by atoms with Gasteiger partial charge in [-0.05, 0) is 23.8 Å².